The van der Waals surface area contributed by atoms with Crippen LogP contribution in [0.3, 0.4) is 0 Å². The topological polar surface area (TPSA) is 111 Å². The van der Waals surface area contributed by atoms with E-state index >= 15 is 0 Å². The first-order chi connectivity index (χ1) is 20.1. The van der Waals surface area contributed by atoms with Crippen molar-refractivity contribution in [1.29, 1.82) is 0 Å². The summed E-state index contributed by atoms with van der Waals surface area (Å²) in [5.41, 5.74) is -0.00463. The lowest BCUT2D eigenvalue weighted by molar-refractivity contribution is -0.117. The van der Waals surface area contributed by atoms with Crippen LogP contribution in [0.5, 0.6) is 0 Å². The van der Waals surface area contributed by atoms with Crippen LogP contribution in [0.15, 0.2) is 65.7 Å². The Balaban J connectivity index is 1.31. The Bertz CT molecular complexity index is 1840. The average Bonchev–Trinajstić information content (AvgIpc) is 3.42. The number of ether oxygens (including phenoxy) is 3. The molecule has 3 heterocycles. The maximum atomic E-state index is 12.4. The van der Waals surface area contributed by atoms with Gasteiger partial charge in [0.25, 0.3) is 5.56 Å². The smallest absolute Gasteiger partial charge is 0.272 e. The number of nitrogens with zero attached hydrogens (tertiary/aromatic N) is 3. The third kappa shape index (κ3) is 5.64. The predicted octanol–water partition coefficient (Wildman–Crippen LogP) is 6.34. The molecule has 2 N–H and O–H groups in total. The Morgan fingerprint density at radius 1 is 1.02 bits per heavy atom. The molecular weight excluding hydrogens is 626 g/mol. The highest BCUT2D eigenvalue weighted by molar-refractivity contribution is 6.35. The van der Waals surface area contributed by atoms with Crippen molar-refractivity contribution in [2.45, 2.75) is 44.2 Å². The van der Waals surface area contributed by atoms with E-state index in [1.54, 1.807) is 55.6 Å². The second-order valence-electron chi connectivity index (χ2n) is 10.2. The number of benzene rings is 2. The van der Waals surface area contributed by atoms with Crippen molar-refractivity contribution < 1.29 is 19.3 Å². The highest BCUT2D eigenvalue weighted by Gasteiger charge is 2.55. The summed E-state index contributed by atoms with van der Waals surface area (Å²) in [5.74, 6) is 0. The number of nitrogens with one attached hydrogen (secondary N) is 1. The van der Waals surface area contributed by atoms with E-state index in [1.165, 1.54) is 10.9 Å². The van der Waals surface area contributed by atoms with Crippen LogP contribution >= 0.6 is 46.4 Å². The van der Waals surface area contributed by atoms with E-state index in [4.69, 9.17) is 60.6 Å². The number of rotatable bonds is 8. The van der Waals surface area contributed by atoms with Gasteiger partial charge in [-0.05, 0) is 48.4 Å². The standard InChI is InChI=1S/C29H24Cl4N4O5/c1-29(39)26(41-13-17-3-6-19(31)9-22(17)33)24(14-40-12-16-2-5-18(30)8-21(16)32)42-28(29)37-11-15-4-7-20-25(15)23(36-37)10-34-35-27(20)38/h2-11,24,26,28,39H,12-14H2,1H3,(H,35,38)/t24-,26-,28-,29-/m1/s1. The highest BCUT2D eigenvalue weighted by Crippen LogP contribution is 2.41. The molecule has 2 aromatic heterocycles. The van der Waals surface area contributed by atoms with Gasteiger partial charge in [0.05, 0.1) is 31.4 Å². The minimum atomic E-state index is -1.58. The largest absolute Gasteiger partial charge is 0.383 e. The van der Waals surface area contributed by atoms with Gasteiger partial charge in [0, 0.05) is 37.1 Å². The molecule has 5 aromatic rings. The molecule has 1 aliphatic rings. The first-order valence-corrected chi connectivity index (χ1v) is 14.4. The first-order valence-electron chi connectivity index (χ1n) is 12.9. The zero-order chi connectivity index (χ0) is 29.6. The number of hydrogen-bond donors (Lipinski definition) is 2. The normalized spacial score (nSPS) is 22.4. The summed E-state index contributed by atoms with van der Waals surface area (Å²) in [4.78, 5) is 12.4. The first kappa shape index (κ1) is 29.3. The van der Waals surface area contributed by atoms with Gasteiger partial charge in [0.15, 0.2) is 6.23 Å². The van der Waals surface area contributed by atoms with Gasteiger partial charge >= 0.3 is 0 Å². The lowest BCUT2D eigenvalue weighted by atomic mass is 9.96. The minimum Gasteiger partial charge on any atom is -0.383 e. The molecule has 0 unspecified atom stereocenters. The molecule has 13 heteroatoms. The van der Waals surface area contributed by atoms with E-state index in [1.807, 2.05) is 6.07 Å². The molecule has 4 atom stereocenters. The van der Waals surface area contributed by atoms with E-state index in [0.717, 1.165) is 10.9 Å². The fourth-order valence-corrected chi connectivity index (χ4v) is 6.14. The second kappa shape index (κ2) is 11.7. The maximum Gasteiger partial charge on any atom is 0.272 e. The minimum absolute atomic E-state index is 0.0701. The van der Waals surface area contributed by atoms with Crippen LogP contribution in [0.4, 0.5) is 0 Å². The van der Waals surface area contributed by atoms with E-state index in [0.29, 0.717) is 41.9 Å². The summed E-state index contributed by atoms with van der Waals surface area (Å²) < 4.78 is 20.2. The predicted molar refractivity (Wildman–Crippen MR) is 161 cm³/mol. The summed E-state index contributed by atoms with van der Waals surface area (Å²) >= 11 is 24.8. The summed E-state index contributed by atoms with van der Waals surface area (Å²) in [5, 5.41) is 26.8. The lowest BCUT2D eigenvalue weighted by Gasteiger charge is -2.30. The van der Waals surface area contributed by atoms with Crippen LogP contribution in [0.25, 0.3) is 21.7 Å². The van der Waals surface area contributed by atoms with Crippen molar-refractivity contribution in [3.8, 4) is 0 Å². The molecule has 0 radical (unpaired) electrons. The van der Waals surface area contributed by atoms with E-state index in [-0.39, 0.29) is 25.4 Å². The van der Waals surface area contributed by atoms with Crippen molar-refractivity contribution >= 4 is 68.1 Å². The lowest BCUT2D eigenvalue weighted by Crippen LogP contribution is -2.46. The van der Waals surface area contributed by atoms with E-state index in [2.05, 4.69) is 15.3 Å². The Hall–Kier alpha value is -2.73. The van der Waals surface area contributed by atoms with Crippen LogP contribution in [0, 0.1) is 0 Å². The van der Waals surface area contributed by atoms with Crippen LogP contribution < -0.4 is 5.56 Å². The summed E-state index contributed by atoms with van der Waals surface area (Å²) in [6, 6.07) is 13.8. The Labute approximate surface area is 259 Å². The SMILES string of the molecule is C[C@@]1(O)[C@H](OCc2ccc(Cl)cc2Cl)[C@@H](COCc2ccc(Cl)cc2Cl)O[C@H]1n1cc2ccc3c(=O)[nH]ncc(n1)c23. The maximum absolute atomic E-state index is 12.4. The quantitative estimate of drug-likeness (QED) is 0.202. The van der Waals surface area contributed by atoms with Gasteiger partial charge in [-0.25, -0.2) is 9.78 Å². The Kier molecular flexibility index (Phi) is 8.21. The summed E-state index contributed by atoms with van der Waals surface area (Å²) in [7, 11) is 0. The van der Waals surface area contributed by atoms with Crippen LogP contribution in [-0.2, 0) is 27.4 Å². The van der Waals surface area contributed by atoms with Crippen LogP contribution in [0.2, 0.25) is 20.1 Å². The monoisotopic (exact) mass is 648 g/mol. The molecule has 0 spiro atoms. The molecule has 218 valence electrons. The molecule has 6 rings (SSSR count). The molecule has 9 nitrogen and oxygen atoms in total. The summed E-state index contributed by atoms with van der Waals surface area (Å²) in [6.45, 7) is 1.96. The van der Waals surface area contributed by atoms with Gasteiger partial charge in [-0.3, -0.25) is 4.79 Å². The molecule has 0 aliphatic carbocycles. The number of H-pyrrole nitrogens is 1. The fourth-order valence-electron chi connectivity index (χ4n) is 5.21. The highest BCUT2D eigenvalue weighted by atomic mass is 35.5. The fraction of sp³-hybridized carbons (Fsp3) is 0.276. The molecule has 3 aromatic carbocycles. The van der Waals surface area contributed by atoms with Gasteiger partial charge in [-0.1, -0.05) is 64.6 Å². The van der Waals surface area contributed by atoms with Crippen molar-refractivity contribution in [1.82, 2.24) is 20.0 Å². The van der Waals surface area contributed by atoms with Crippen molar-refractivity contribution in [2.75, 3.05) is 6.61 Å². The van der Waals surface area contributed by atoms with E-state index in [9.17, 15) is 9.90 Å². The average molecular weight is 650 g/mol. The van der Waals surface area contributed by atoms with Crippen LogP contribution in [-0.4, -0.2) is 49.5 Å². The summed E-state index contributed by atoms with van der Waals surface area (Å²) in [6.07, 6.45) is 0.640. The van der Waals surface area contributed by atoms with Crippen molar-refractivity contribution in [3.05, 3.63) is 102 Å². The molecule has 0 saturated carbocycles. The zero-order valence-electron chi connectivity index (χ0n) is 22.1. The molecule has 1 saturated heterocycles. The Morgan fingerprint density at radius 3 is 2.40 bits per heavy atom. The van der Waals surface area contributed by atoms with E-state index < -0.39 is 24.0 Å². The van der Waals surface area contributed by atoms with Gasteiger partial charge in [0.1, 0.15) is 23.3 Å². The molecule has 1 fully saturated rings. The number of halogens is 4. The van der Waals surface area contributed by atoms with Gasteiger partial charge in [-0.15, -0.1) is 0 Å². The Morgan fingerprint density at radius 2 is 1.71 bits per heavy atom. The molecule has 42 heavy (non-hydrogen) atoms. The van der Waals surface area contributed by atoms with Gasteiger partial charge in [0.2, 0.25) is 0 Å². The molecular formula is C29H24Cl4N4O5. The molecule has 0 amide bonds. The van der Waals surface area contributed by atoms with Crippen molar-refractivity contribution in [2.24, 2.45) is 0 Å². The molecule has 1 aliphatic heterocycles. The van der Waals surface area contributed by atoms with Gasteiger partial charge in [-0.2, -0.15) is 10.2 Å². The third-order valence-electron chi connectivity index (χ3n) is 7.28. The van der Waals surface area contributed by atoms with Crippen molar-refractivity contribution in [3.63, 3.8) is 0 Å². The number of hydrogen-bond acceptors (Lipinski definition) is 7. The zero-order valence-corrected chi connectivity index (χ0v) is 25.1. The van der Waals surface area contributed by atoms with Crippen LogP contribution in [0.1, 0.15) is 24.3 Å². The molecule has 0 bridgehead atoms. The number of aromatic nitrogens is 4. The number of aromatic amines is 1. The van der Waals surface area contributed by atoms with Gasteiger partial charge < -0.3 is 19.3 Å². The second-order valence-corrected chi connectivity index (χ2v) is 11.9. The third-order valence-corrected chi connectivity index (χ3v) is 8.46. The number of aliphatic hydroxyl groups is 1.